The number of nitrogens with zero attached hydrogens (tertiary/aromatic N) is 4. The predicted octanol–water partition coefficient (Wildman–Crippen LogP) is 3.22. The third-order valence-corrected chi connectivity index (χ3v) is 7.22. The number of nitrogens with one attached hydrogen (secondary N) is 1. The number of rotatable bonds is 3. The lowest BCUT2D eigenvalue weighted by Gasteiger charge is -2.15. The second kappa shape index (κ2) is 6.60. The van der Waals surface area contributed by atoms with E-state index in [0.29, 0.717) is 5.92 Å². The van der Waals surface area contributed by atoms with E-state index >= 15 is 0 Å². The first-order valence-corrected chi connectivity index (χ1v) is 11.6. The number of urea groups is 1. The molecule has 0 saturated heterocycles. The monoisotopic (exact) mass is 418 g/mol. The highest BCUT2D eigenvalue weighted by Crippen LogP contribution is 2.41. The number of aromatic nitrogens is 3. The van der Waals surface area contributed by atoms with Gasteiger partial charge in [0.2, 0.25) is 5.03 Å². The number of carbonyl (C=O) groups excluding carboxylic acids is 1. The lowest BCUT2D eigenvalue weighted by molar-refractivity contribution is 0.260. The minimum Gasteiger partial charge on any atom is -0.305 e. The molecule has 2 aromatic rings. The van der Waals surface area contributed by atoms with Crippen molar-refractivity contribution in [3.8, 4) is 0 Å². The molecule has 5 rings (SSSR count). The number of hydrogen-bond acceptors (Lipinski definition) is 4. The Morgan fingerprint density at radius 1 is 1.31 bits per heavy atom. The number of carbonyl (C=O) groups is 1. The van der Waals surface area contributed by atoms with Crippen LogP contribution in [-0.4, -0.2) is 25.0 Å². The van der Waals surface area contributed by atoms with E-state index in [0.717, 1.165) is 79.3 Å². The van der Waals surface area contributed by atoms with Crippen LogP contribution >= 0.6 is 0 Å². The normalized spacial score (nSPS) is 22.1. The van der Waals surface area contributed by atoms with Crippen LogP contribution in [-0.2, 0) is 29.2 Å². The van der Waals surface area contributed by atoms with Crippen molar-refractivity contribution >= 4 is 21.6 Å². The summed E-state index contributed by atoms with van der Waals surface area (Å²) < 4.78 is 32.1. The fourth-order valence-electron chi connectivity index (χ4n) is 4.33. The molecule has 1 saturated carbocycles. The lowest BCUT2D eigenvalue weighted by Crippen LogP contribution is -2.20. The third kappa shape index (κ3) is 3.24. The molecule has 29 heavy (non-hydrogen) atoms. The molecular weight excluding hydrogens is 395 g/mol. The number of hydrogen-bond donors (Lipinski definition) is 2. The maximum atomic E-state index is 14.2. The number of aryl methyl sites for hydroxylation is 1. The molecule has 2 heterocycles. The summed E-state index contributed by atoms with van der Waals surface area (Å²) in [6, 6.07) is -0.744. The van der Waals surface area contributed by atoms with Gasteiger partial charge in [-0.15, -0.1) is 4.36 Å². The van der Waals surface area contributed by atoms with Crippen molar-refractivity contribution in [3.05, 3.63) is 34.5 Å². The highest BCUT2D eigenvalue weighted by Gasteiger charge is 2.31. The van der Waals surface area contributed by atoms with Gasteiger partial charge in [0.05, 0.1) is 17.9 Å². The molecule has 0 aromatic carbocycles. The molecule has 0 aliphatic heterocycles. The summed E-state index contributed by atoms with van der Waals surface area (Å²) >= 11 is 0. The van der Waals surface area contributed by atoms with Gasteiger partial charge >= 0.3 is 6.03 Å². The molecule has 3 N–H and O–H groups in total. The molecule has 3 aliphatic carbocycles. The SMILES string of the molecule is C[C@@H]1CCc2c1nc1c(c2NC(=O)N=[S@](N)(=O)c2nn(C3CC3)cc2F)CCC1. The van der Waals surface area contributed by atoms with Gasteiger partial charge in [-0.25, -0.2) is 18.5 Å². The van der Waals surface area contributed by atoms with Crippen LogP contribution in [0.5, 0.6) is 0 Å². The maximum absolute atomic E-state index is 14.2. The van der Waals surface area contributed by atoms with E-state index in [1.165, 1.54) is 4.68 Å². The summed E-state index contributed by atoms with van der Waals surface area (Å²) in [6.45, 7) is 2.13. The zero-order valence-corrected chi connectivity index (χ0v) is 17.0. The Hall–Kier alpha value is -2.33. The molecule has 2 amide bonds. The van der Waals surface area contributed by atoms with Gasteiger partial charge in [-0.2, -0.15) is 5.10 Å². The fraction of sp³-hybridized carbons (Fsp3) is 0.526. The Bertz CT molecular complexity index is 1150. The van der Waals surface area contributed by atoms with Crippen LogP contribution < -0.4 is 10.5 Å². The number of pyridine rings is 1. The standard InChI is InChI=1S/C19H23FN6O2S/c1-10-5-8-13-16(10)22-15-4-2-3-12(15)17(13)23-19(27)25-29(21,28)18-14(20)9-26(24-18)11-6-7-11/h9-11H,2-8H2,1H3,(H3,21,22,23,25,27,28)/t10-,29+/m1/s1. The Labute approximate surface area is 168 Å². The number of amides is 2. The van der Waals surface area contributed by atoms with Crippen molar-refractivity contribution < 1.29 is 13.4 Å². The van der Waals surface area contributed by atoms with Crippen LogP contribution in [0.25, 0.3) is 0 Å². The van der Waals surface area contributed by atoms with Crippen LogP contribution in [0.15, 0.2) is 15.6 Å². The van der Waals surface area contributed by atoms with E-state index in [1.54, 1.807) is 0 Å². The average Bonchev–Trinajstić information content (AvgIpc) is 3.07. The summed E-state index contributed by atoms with van der Waals surface area (Å²) in [5.41, 5.74) is 4.79. The molecule has 8 nitrogen and oxygen atoms in total. The molecule has 0 unspecified atom stereocenters. The van der Waals surface area contributed by atoms with Crippen molar-refractivity contribution in [2.24, 2.45) is 9.50 Å². The summed E-state index contributed by atoms with van der Waals surface area (Å²) in [5, 5.41) is 12.0. The summed E-state index contributed by atoms with van der Waals surface area (Å²) in [4.78, 5) is 17.4. The van der Waals surface area contributed by atoms with Gasteiger partial charge < -0.3 is 5.32 Å². The lowest BCUT2D eigenvalue weighted by atomic mass is 10.0. The van der Waals surface area contributed by atoms with Crippen molar-refractivity contribution in [2.75, 3.05) is 5.32 Å². The highest BCUT2D eigenvalue weighted by molar-refractivity contribution is 7.91. The molecule has 0 spiro atoms. The molecule has 2 aromatic heterocycles. The van der Waals surface area contributed by atoms with E-state index < -0.39 is 26.8 Å². The summed E-state index contributed by atoms with van der Waals surface area (Å²) in [5.74, 6) is -0.469. The van der Waals surface area contributed by atoms with Crippen LogP contribution in [0, 0.1) is 5.82 Å². The van der Waals surface area contributed by atoms with Crippen molar-refractivity contribution in [3.63, 3.8) is 0 Å². The van der Waals surface area contributed by atoms with Crippen LogP contribution in [0.2, 0.25) is 0 Å². The van der Waals surface area contributed by atoms with E-state index in [9.17, 15) is 13.4 Å². The van der Waals surface area contributed by atoms with E-state index in [2.05, 4.69) is 21.7 Å². The zero-order valence-electron chi connectivity index (χ0n) is 16.2. The van der Waals surface area contributed by atoms with Crippen LogP contribution in [0.3, 0.4) is 0 Å². The average molecular weight is 418 g/mol. The van der Waals surface area contributed by atoms with Gasteiger partial charge in [-0.05, 0) is 62.0 Å². The molecule has 0 radical (unpaired) electrons. The minimum atomic E-state index is -3.79. The molecule has 10 heteroatoms. The van der Waals surface area contributed by atoms with Gasteiger partial charge in [0, 0.05) is 11.4 Å². The topological polar surface area (TPSA) is 115 Å². The number of nitrogens with two attached hydrogens (primary N) is 1. The third-order valence-electron chi connectivity index (χ3n) is 5.96. The van der Waals surface area contributed by atoms with Gasteiger partial charge in [-0.1, -0.05) is 6.92 Å². The second-order valence-corrected chi connectivity index (χ2v) is 9.86. The molecule has 1 fully saturated rings. The zero-order chi connectivity index (χ0) is 20.3. The van der Waals surface area contributed by atoms with E-state index in [-0.39, 0.29) is 6.04 Å². The number of anilines is 1. The smallest absolute Gasteiger partial charge is 0.305 e. The van der Waals surface area contributed by atoms with Gasteiger partial charge in [0.1, 0.15) is 0 Å². The summed E-state index contributed by atoms with van der Waals surface area (Å²) in [7, 11) is -3.79. The Kier molecular flexibility index (Phi) is 4.25. The quantitative estimate of drug-likeness (QED) is 0.796. The number of fused-ring (bicyclic) bond motifs is 2. The first kappa shape index (κ1) is 18.7. The molecule has 2 atom stereocenters. The molecule has 3 aliphatic rings. The van der Waals surface area contributed by atoms with E-state index in [1.807, 2.05) is 0 Å². The Morgan fingerprint density at radius 2 is 2.10 bits per heavy atom. The van der Waals surface area contributed by atoms with Crippen molar-refractivity contribution in [2.45, 2.75) is 68.9 Å². The van der Waals surface area contributed by atoms with Crippen molar-refractivity contribution in [1.29, 1.82) is 0 Å². The molecule has 154 valence electrons. The van der Waals surface area contributed by atoms with Gasteiger partial charge in [0.25, 0.3) is 0 Å². The highest BCUT2D eigenvalue weighted by atomic mass is 32.2. The van der Waals surface area contributed by atoms with Crippen LogP contribution in [0.1, 0.15) is 67.1 Å². The van der Waals surface area contributed by atoms with E-state index in [4.69, 9.17) is 10.1 Å². The largest absolute Gasteiger partial charge is 0.354 e. The minimum absolute atomic E-state index is 0.103. The summed E-state index contributed by atoms with van der Waals surface area (Å²) in [6.07, 6.45) is 7.44. The van der Waals surface area contributed by atoms with Crippen molar-refractivity contribution in [1.82, 2.24) is 14.8 Å². The second-order valence-electron chi connectivity index (χ2n) is 8.15. The fourth-order valence-corrected chi connectivity index (χ4v) is 5.25. The Balaban J connectivity index is 1.48. The first-order valence-electron chi connectivity index (χ1n) is 9.98. The first-order chi connectivity index (χ1) is 13.8. The predicted molar refractivity (Wildman–Crippen MR) is 105 cm³/mol. The molecular formula is C19H23FN6O2S. The van der Waals surface area contributed by atoms with Gasteiger partial charge in [-0.3, -0.25) is 9.67 Å². The number of halogens is 1. The van der Waals surface area contributed by atoms with Gasteiger partial charge in [0.15, 0.2) is 15.7 Å². The maximum Gasteiger partial charge on any atom is 0.354 e. The molecule has 0 bridgehead atoms. The Morgan fingerprint density at radius 3 is 2.86 bits per heavy atom. The van der Waals surface area contributed by atoms with Crippen LogP contribution in [0.4, 0.5) is 14.9 Å².